The summed E-state index contributed by atoms with van der Waals surface area (Å²) in [6.07, 6.45) is 3.08. The first-order chi connectivity index (χ1) is 22.1. The van der Waals surface area contributed by atoms with Crippen molar-refractivity contribution in [2.45, 2.75) is 58.5 Å². The zero-order valence-corrected chi connectivity index (χ0v) is 27.2. The third-order valence-electron chi connectivity index (χ3n) is 8.35. The van der Waals surface area contributed by atoms with Gasteiger partial charge in [0.15, 0.2) is 17.2 Å². The summed E-state index contributed by atoms with van der Waals surface area (Å²) in [6.45, 7) is 11.0. The number of anilines is 1. The number of ether oxygens (including phenoxy) is 1. The molecule has 1 aliphatic heterocycles. The average molecular weight is 629 g/mol. The van der Waals surface area contributed by atoms with Gasteiger partial charge >= 0.3 is 6.09 Å². The number of carbonyl (C=O) groups is 3. The zero-order chi connectivity index (χ0) is 32.7. The molecule has 244 valence electrons. The molecule has 2 aromatic carbocycles. The van der Waals surface area contributed by atoms with Crippen LogP contribution in [0.4, 0.5) is 10.6 Å². The molecule has 0 atom stereocenters. The molecule has 0 aliphatic carbocycles. The molecular weight excluding hydrogens is 584 g/mol. The molecular formula is C35H44N6O5. The van der Waals surface area contributed by atoms with E-state index in [1.54, 1.807) is 12.1 Å². The van der Waals surface area contributed by atoms with Gasteiger partial charge in [0.2, 0.25) is 0 Å². The molecule has 4 aromatic rings. The number of nitrogens with one attached hydrogen (secondary N) is 2. The molecule has 11 nitrogen and oxygen atoms in total. The number of hydrogen-bond donors (Lipinski definition) is 2. The minimum Gasteiger partial charge on any atom is -0.448 e. The first kappa shape index (κ1) is 32.9. The van der Waals surface area contributed by atoms with Crippen LogP contribution in [-0.2, 0) is 16.8 Å². The Bertz CT molecular complexity index is 1640. The van der Waals surface area contributed by atoms with E-state index in [1.165, 1.54) is 6.07 Å². The fourth-order valence-corrected chi connectivity index (χ4v) is 5.47. The van der Waals surface area contributed by atoms with Crippen LogP contribution in [-0.4, -0.2) is 77.3 Å². The van der Waals surface area contributed by atoms with Crippen LogP contribution in [0.5, 0.6) is 0 Å². The quantitative estimate of drug-likeness (QED) is 0.187. The van der Waals surface area contributed by atoms with Crippen LogP contribution >= 0.6 is 0 Å². The number of furan rings is 1. The third kappa shape index (κ3) is 8.02. The Morgan fingerprint density at radius 1 is 0.935 bits per heavy atom. The maximum absolute atomic E-state index is 13.4. The molecule has 2 N–H and O–H groups in total. The van der Waals surface area contributed by atoms with Gasteiger partial charge in [-0.05, 0) is 50.6 Å². The lowest BCUT2D eigenvalue weighted by atomic mass is 9.94. The van der Waals surface area contributed by atoms with Crippen molar-refractivity contribution in [2.75, 3.05) is 45.2 Å². The second-order valence-electron chi connectivity index (χ2n) is 12.4. The Kier molecular flexibility index (Phi) is 10.5. The van der Waals surface area contributed by atoms with Crippen LogP contribution in [0.15, 0.2) is 65.1 Å². The van der Waals surface area contributed by atoms with Gasteiger partial charge in [-0.1, -0.05) is 68.7 Å². The molecule has 5 rings (SSSR count). The second kappa shape index (κ2) is 14.7. The highest BCUT2D eigenvalue weighted by molar-refractivity contribution is 6.08. The lowest BCUT2D eigenvalue weighted by Gasteiger charge is -2.32. The van der Waals surface area contributed by atoms with Crippen LogP contribution in [0.25, 0.3) is 11.1 Å². The summed E-state index contributed by atoms with van der Waals surface area (Å²) >= 11 is 0. The van der Waals surface area contributed by atoms with Crippen LogP contribution in [0.3, 0.4) is 0 Å². The number of unbranched alkanes of at least 4 members (excludes halogenated alkanes) is 3. The van der Waals surface area contributed by atoms with Crippen molar-refractivity contribution in [1.29, 1.82) is 0 Å². The van der Waals surface area contributed by atoms with Crippen molar-refractivity contribution < 1.29 is 23.5 Å². The number of hydrogen-bond acceptors (Lipinski definition) is 8. The highest BCUT2D eigenvalue weighted by Crippen LogP contribution is 2.29. The fourth-order valence-electron chi connectivity index (χ4n) is 5.47. The number of carbonyl (C=O) groups excluding carboxylic acids is 3. The van der Waals surface area contributed by atoms with Gasteiger partial charge in [-0.3, -0.25) is 14.5 Å². The number of benzene rings is 2. The van der Waals surface area contributed by atoms with Crippen molar-refractivity contribution in [3.05, 3.63) is 83.1 Å². The van der Waals surface area contributed by atoms with Gasteiger partial charge in [0.25, 0.3) is 11.8 Å². The second-order valence-corrected chi connectivity index (χ2v) is 12.4. The minimum atomic E-state index is -0.715. The third-order valence-corrected chi connectivity index (χ3v) is 8.35. The van der Waals surface area contributed by atoms with Crippen molar-refractivity contribution >= 4 is 34.8 Å². The molecule has 46 heavy (non-hydrogen) atoms. The van der Waals surface area contributed by atoms with E-state index >= 15 is 0 Å². The molecule has 2 aromatic heterocycles. The monoisotopic (exact) mass is 628 g/mol. The number of aromatic nitrogens is 2. The highest BCUT2D eigenvalue weighted by Gasteiger charge is 2.29. The lowest BCUT2D eigenvalue weighted by Crippen LogP contribution is -2.43. The topological polar surface area (TPSA) is 122 Å². The van der Waals surface area contributed by atoms with Crippen molar-refractivity contribution in [3.63, 3.8) is 0 Å². The van der Waals surface area contributed by atoms with Crippen LogP contribution < -0.4 is 10.6 Å². The molecule has 2 amide bonds. The predicted octanol–water partition coefficient (Wildman–Crippen LogP) is 5.86. The average Bonchev–Trinajstić information content (AvgIpc) is 3.63. The van der Waals surface area contributed by atoms with E-state index in [-0.39, 0.29) is 29.3 Å². The van der Waals surface area contributed by atoms with Crippen LogP contribution in [0.1, 0.15) is 78.5 Å². The van der Waals surface area contributed by atoms with E-state index in [2.05, 4.69) is 39.5 Å². The first-order valence-corrected chi connectivity index (χ1v) is 16.0. The van der Waals surface area contributed by atoms with Gasteiger partial charge in [-0.15, -0.1) is 5.10 Å². The summed E-state index contributed by atoms with van der Waals surface area (Å²) in [5, 5.41) is 10.1. The Morgan fingerprint density at radius 3 is 2.35 bits per heavy atom. The zero-order valence-electron chi connectivity index (χ0n) is 27.2. The summed E-state index contributed by atoms with van der Waals surface area (Å²) in [7, 11) is 2.13. The van der Waals surface area contributed by atoms with Gasteiger partial charge in [0.1, 0.15) is 5.52 Å². The molecule has 3 heterocycles. The van der Waals surface area contributed by atoms with E-state index in [0.29, 0.717) is 5.56 Å². The molecule has 0 unspecified atom stereocenters. The molecule has 1 aliphatic rings. The van der Waals surface area contributed by atoms with Crippen LogP contribution in [0, 0.1) is 0 Å². The summed E-state index contributed by atoms with van der Waals surface area (Å²) in [4.78, 5) is 44.5. The summed E-state index contributed by atoms with van der Waals surface area (Å²) < 4.78 is 12.5. The first-order valence-electron chi connectivity index (χ1n) is 16.0. The van der Waals surface area contributed by atoms with E-state index in [9.17, 15) is 14.4 Å². The van der Waals surface area contributed by atoms with Crippen molar-refractivity contribution in [2.24, 2.45) is 0 Å². The molecule has 0 spiro atoms. The van der Waals surface area contributed by atoms with Gasteiger partial charge < -0.3 is 24.7 Å². The van der Waals surface area contributed by atoms with E-state index in [1.807, 2.05) is 56.3 Å². The highest BCUT2D eigenvalue weighted by atomic mass is 16.6. The van der Waals surface area contributed by atoms with Gasteiger partial charge in [0.05, 0.1) is 12.1 Å². The molecule has 0 saturated carbocycles. The maximum atomic E-state index is 13.4. The van der Waals surface area contributed by atoms with Gasteiger partial charge in [-0.2, -0.15) is 4.68 Å². The maximum Gasteiger partial charge on any atom is 0.435 e. The molecule has 1 saturated heterocycles. The Balaban J connectivity index is 1.34. The van der Waals surface area contributed by atoms with E-state index in [4.69, 9.17) is 9.15 Å². The Labute approximate surface area is 269 Å². The lowest BCUT2D eigenvalue weighted by molar-refractivity contribution is 0.0885. The SMILES string of the molecule is CCCCCCOC(=O)n1nc(NC(=O)c2ccc(CN3CCN(C)CC3)cc2)c2oc(C(=O)NC(C)(C)c3ccccc3)cc21. The fraction of sp³-hybridized carbons (Fsp3) is 0.429. The van der Waals surface area contributed by atoms with Gasteiger partial charge in [-0.25, -0.2) is 4.79 Å². The number of fused-ring (bicyclic) bond motifs is 1. The van der Waals surface area contributed by atoms with Crippen molar-refractivity contribution in [3.8, 4) is 0 Å². The molecule has 0 bridgehead atoms. The minimum absolute atomic E-state index is 0.0193. The molecule has 1 fully saturated rings. The largest absolute Gasteiger partial charge is 0.448 e. The molecule has 0 radical (unpaired) electrons. The summed E-state index contributed by atoms with van der Waals surface area (Å²) in [5.41, 5.74) is 2.09. The van der Waals surface area contributed by atoms with Crippen molar-refractivity contribution in [1.82, 2.24) is 24.9 Å². The standard InChI is InChI=1S/C35H44N6O5/c1-5-6-7-11-22-45-34(44)41-28-23-29(33(43)37-35(2,3)27-12-9-8-10-13-27)46-30(28)31(38-41)36-32(42)26-16-14-25(15-17-26)24-40-20-18-39(4)19-21-40/h8-10,12-17,23H,5-7,11,18-22,24H2,1-4H3,(H,37,43)(H,36,38,42). The number of piperazine rings is 1. The van der Waals surface area contributed by atoms with Crippen LogP contribution in [0.2, 0.25) is 0 Å². The smallest absolute Gasteiger partial charge is 0.435 e. The normalized spacial score (nSPS) is 14.3. The summed E-state index contributed by atoms with van der Waals surface area (Å²) in [5.74, 6) is -0.897. The molecule has 11 heteroatoms. The predicted molar refractivity (Wildman–Crippen MR) is 177 cm³/mol. The number of nitrogens with zero attached hydrogens (tertiary/aromatic N) is 4. The summed E-state index contributed by atoms with van der Waals surface area (Å²) in [6, 6.07) is 18.5. The van der Waals surface area contributed by atoms with E-state index in [0.717, 1.165) is 74.2 Å². The van der Waals surface area contributed by atoms with Gasteiger partial charge in [0, 0.05) is 44.4 Å². The Hall–Kier alpha value is -4.48. The number of likely N-dealkylation sites (N-methyl/N-ethyl adjacent to an activating group) is 1. The Morgan fingerprint density at radius 2 is 1.65 bits per heavy atom. The number of amides is 2. The van der Waals surface area contributed by atoms with E-state index < -0.39 is 23.4 Å². The number of rotatable bonds is 12.